The van der Waals surface area contributed by atoms with Gasteiger partial charge in [0.25, 0.3) is 0 Å². The number of aromatic nitrogens is 2. The lowest BCUT2D eigenvalue weighted by molar-refractivity contribution is 0.468. The summed E-state index contributed by atoms with van der Waals surface area (Å²) in [6.45, 7) is 9.63. The van der Waals surface area contributed by atoms with Gasteiger partial charge in [-0.1, -0.05) is 45.0 Å². The standard InChI is InChI=1S/C17H25N3/c1-13-10-19-20(11-13)12-16(18-5)14-6-8-15(9-7-14)17(2,3)4/h6-11,16,18H,12H2,1-5H3. The van der Waals surface area contributed by atoms with Crippen LogP contribution in [-0.2, 0) is 12.0 Å². The highest BCUT2D eigenvalue weighted by atomic mass is 15.3. The summed E-state index contributed by atoms with van der Waals surface area (Å²) in [7, 11) is 2.00. The summed E-state index contributed by atoms with van der Waals surface area (Å²) in [6.07, 6.45) is 3.98. The van der Waals surface area contributed by atoms with E-state index in [1.807, 2.05) is 17.9 Å². The van der Waals surface area contributed by atoms with Gasteiger partial charge in [-0.2, -0.15) is 5.10 Å². The molecule has 2 aromatic rings. The number of aryl methyl sites for hydroxylation is 1. The minimum Gasteiger partial charge on any atom is -0.311 e. The Morgan fingerprint density at radius 2 is 1.85 bits per heavy atom. The molecule has 1 unspecified atom stereocenters. The first kappa shape index (κ1) is 14.8. The second-order valence-electron chi connectivity index (χ2n) is 6.45. The number of likely N-dealkylation sites (N-methyl/N-ethyl adjacent to an activating group) is 1. The Balaban J connectivity index is 2.15. The summed E-state index contributed by atoms with van der Waals surface area (Å²) in [4.78, 5) is 0. The molecule has 0 aliphatic heterocycles. The van der Waals surface area contributed by atoms with Gasteiger partial charge in [0.15, 0.2) is 0 Å². The molecule has 0 saturated heterocycles. The molecule has 1 aromatic carbocycles. The molecule has 1 N–H and O–H groups in total. The summed E-state index contributed by atoms with van der Waals surface area (Å²) in [6, 6.07) is 9.18. The Bertz CT molecular complexity index is 546. The van der Waals surface area contributed by atoms with Crippen LogP contribution in [0.4, 0.5) is 0 Å². The van der Waals surface area contributed by atoms with E-state index in [-0.39, 0.29) is 11.5 Å². The van der Waals surface area contributed by atoms with E-state index in [1.165, 1.54) is 16.7 Å². The lowest BCUT2D eigenvalue weighted by atomic mass is 9.86. The Labute approximate surface area is 122 Å². The molecule has 0 fully saturated rings. The fourth-order valence-corrected chi connectivity index (χ4v) is 2.33. The highest BCUT2D eigenvalue weighted by molar-refractivity contribution is 5.29. The van der Waals surface area contributed by atoms with Crippen molar-refractivity contribution in [2.75, 3.05) is 7.05 Å². The Morgan fingerprint density at radius 1 is 1.20 bits per heavy atom. The third kappa shape index (κ3) is 3.48. The van der Waals surface area contributed by atoms with Crippen molar-refractivity contribution in [1.29, 1.82) is 0 Å². The molecule has 0 aliphatic rings. The maximum Gasteiger partial charge on any atom is 0.0604 e. The van der Waals surface area contributed by atoms with Crippen LogP contribution in [-0.4, -0.2) is 16.8 Å². The van der Waals surface area contributed by atoms with Crippen molar-refractivity contribution in [3.05, 3.63) is 53.3 Å². The molecule has 1 heterocycles. The van der Waals surface area contributed by atoms with Crippen LogP contribution in [0.5, 0.6) is 0 Å². The van der Waals surface area contributed by atoms with E-state index < -0.39 is 0 Å². The molecule has 0 saturated carbocycles. The smallest absolute Gasteiger partial charge is 0.0604 e. The average molecular weight is 271 g/mol. The second kappa shape index (κ2) is 5.80. The van der Waals surface area contributed by atoms with E-state index >= 15 is 0 Å². The van der Waals surface area contributed by atoms with Crippen LogP contribution in [0.15, 0.2) is 36.7 Å². The normalized spacial score (nSPS) is 13.4. The van der Waals surface area contributed by atoms with Gasteiger partial charge in [0.05, 0.1) is 18.8 Å². The largest absolute Gasteiger partial charge is 0.311 e. The summed E-state index contributed by atoms with van der Waals surface area (Å²) < 4.78 is 1.99. The van der Waals surface area contributed by atoms with Crippen LogP contribution < -0.4 is 5.32 Å². The monoisotopic (exact) mass is 271 g/mol. The zero-order valence-electron chi connectivity index (χ0n) is 13.1. The maximum absolute atomic E-state index is 4.36. The Hall–Kier alpha value is -1.61. The topological polar surface area (TPSA) is 29.9 Å². The predicted molar refractivity (Wildman–Crippen MR) is 83.9 cm³/mol. The maximum atomic E-state index is 4.36. The van der Waals surface area contributed by atoms with Crippen LogP contribution in [0, 0.1) is 6.92 Å². The van der Waals surface area contributed by atoms with Gasteiger partial charge in [0.1, 0.15) is 0 Å². The number of hydrogen-bond acceptors (Lipinski definition) is 2. The third-order valence-electron chi connectivity index (χ3n) is 3.66. The van der Waals surface area contributed by atoms with E-state index in [2.05, 4.69) is 68.6 Å². The fraction of sp³-hybridized carbons (Fsp3) is 0.471. The first-order valence-corrected chi connectivity index (χ1v) is 7.17. The fourth-order valence-electron chi connectivity index (χ4n) is 2.33. The number of rotatable bonds is 4. The number of hydrogen-bond donors (Lipinski definition) is 1. The first-order valence-electron chi connectivity index (χ1n) is 7.17. The average Bonchev–Trinajstić information content (AvgIpc) is 2.81. The van der Waals surface area contributed by atoms with Gasteiger partial charge in [0, 0.05) is 6.20 Å². The quantitative estimate of drug-likeness (QED) is 0.923. The molecule has 1 atom stereocenters. The van der Waals surface area contributed by atoms with Gasteiger partial charge in [-0.3, -0.25) is 4.68 Å². The molecular weight excluding hydrogens is 246 g/mol. The lowest BCUT2D eigenvalue weighted by Gasteiger charge is -2.21. The molecule has 2 rings (SSSR count). The number of nitrogens with zero attached hydrogens (tertiary/aromatic N) is 2. The van der Waals surface area contributed by atoms with Crippen molar-refractivity contribution >= 4 is 0 Å². The highest BCUT2D eigenvalue weighted by Crippen LogP contribution is 2.24. The Kier molecular flexibility index (Phi) is 4.29. The van der Waals surface area contributed by atoms with E-state index in [1.54, 1.807) is 0 Å². The van der Waals surface area contributed by atoms with Gasteiger partial charge in [-0.05, 0) is 36.1 Å². The minimum atomic E-state index is 0.201. The molecule has 0 amide bonds. The summed E-state index contributed by atoms with van der Waals surface area (Å²) >= 11 is 0. The van der Waals surface area contributed by atoms with E-state index in [4.69, 9.17) is 0 Å². The van der Waals surface area contributed by atoms with Gasteiger partial charge in [-0.25, -0.2) is 0 Å². The van der Waals surface area contributed by atoms with Crippen LogP contribution >= 0.6 is 0 Å². The molecule has 108 valence electrons. The van der Waals surface area contributed by atoms with Crippen molar-refractivity contribution in [3.8, 4) is 0 Å². The lowest BCUT2D eigenvalue weighted by Crippen LogP contribution is -2.22. The zero-order chi connectivity index (χ0) is 14.8. The van der Waals surface area contributed by atoms with Crippen LogP contribution in [0.2, 0.25) is 0 Å². The minimum absolute atomic E-state index is 0.201. The van der Waals surface area contributed by atoms with Crippen molar-refractivity contribution in [2.24, 2.45) is 0 Å². The molecule has 0 bridgehead atoms. The molecule has 0 aliphatic carbocycles. The number of nitrogens with one attached hydrogen (secondary N) is 1. The van der Waals surface area contributed by atoms with Gasteiger partial charge < -0.3 is 5.32 Å². The zero-order valence-corrected chi connectivity index (χ0v) is 13.1. The summed E-state index contributed by atoms with van der Waals surface area (Å²) in [5.41, 5.74) is 4.06. The molecule has 1 aromatic heterocycles. The van der Waals surface area contributed by atoms with Crippen LogP contribution in [0.3, 0.4) is 0 Å². The van der Waals surface area contributed by atoms with Crippen LogP contribution in [0.25, 0.3) is 0 Å². The SMILES string of the molecule is CNC(Cn1cc(C)cn1)c1ccc(C(C)(C)C)cc1. The molecule has 0 spiro atoms. The summed E-state index contributed by atoms with van der Waals surface area (Å²) in [5.74, 6) is 0. The van der Waals surface area contributed by atoms with Crippen LogP contribution in [0.1, 0.15) is 43.5 Å². The second-order valence-corrected chi connectivity index (χ2v) is 6.45. The first-order chi connectivity index (χ1) is 9.40. The van der Waals surface area contributed by atoms with Gasteiger partial charge in [-0.15, -0.1) is 0 Å². The van der Waals surface area contributed by atoms with Crippen molar-refractivity contribution in [1.82, 2.24) is 15.1 Å². The third-order valence-corrected chi connectivity index (χ3v) is 3.66. The van der Waals surface area contributed by atoms with E-state index in [0.717, 1.165) is 6.54 Å². The van der Waals surface area contributed by atoms with Crippen molar-refractivity contribution < 1.29 is 0 Å². The van der Waals surface area contributed by atoms with Crippen molar-refractivity contribution in [3.63, 3.8) is 0 Å². The van der Waals surface area contributed by atoms with Crippen molar-refractivity contribution in [2.45, 2.75) is 45.7 Å². The molecule has 3 nitrogen and oxygen atoms in total. The van der Waals surface area contributed by atoms with Gasteiger partial charge in [0.2, 0.25) is 0 Å². The molecule has 20 heavy (non-hydrogen) atoms. The highest BCUT2D eigenvalue weighted by Gasteiger charge is 2.15. The van der Waals surface area contributed by atoms with E-state index in [0.29, 0.717) is 0 Å². The molecular formula is C17H25N3. The predicted octanol–water partition coefficient (Wildman–Crippen LogP) is 3.45. The Morgan fingerprint density at radius 3 is 2.30 bits per heavy atom. The summed E-state index contributed by atoms with van der Waals surface area (Å²) in [5, 5.41) is 7.74. The van der Waals surface area contributed by atoms with E-state index in [9.17, 15) is 0 Å². The molecule has 0 radical (unpaired) electrons. The number of benzene rings is 1. The molecule has 3 heteroatoms. The van der Waals surface area contributed by atoms with Gasteiger partial charge >= 0.3 is 0 Å².